The van der Waals surface area contributed by atoms with E-state index in [9.17, 15) is 8.42 Å². The molecular weight excluding hydrogens is 280 g/mol. The summed E-state index contributed by atoms with van der Waals surface area (Å²) in [4.78, 5) is 1.51. The van der Waals surface area contributed by atoms with E-state index in [1.165, 1.54) is 11.9 Å². The van der Waals surface area contributed by atoms with Crippen molar-refractivity contribution in [1.29, 1.82) is 0 Å². The van der Waals surface area contributed by atoms with Gasteiger partial charge in [-0.2, -0.15) is 0 Å². The van der Waals surface area contributed by atoms with Gasteiger partial charge in [0.15, 0.2) is 0 Å². The molecule has 4 nitrogen and oxygen atoms in total. The number of thiophene rings is 1. The van der Waals surface area contributed by atoms with Crippen LogP contribution in [0.15, 0.2) is 46.7 Å². The fourth-order valence-corrected chi connectivity index (χ4v) is 3.17. The van der Waals surface area contributed by atoms with E-state index in [1.807, 2.05) is 11.4 Å². The summed E-state index contributed by atoms with van der Waals surface area (Å²) in [6, 6.07) is 11.0. The van der Waals surface area contributed by atoms with E-state index in [1.54, 1.807) is 35.6 Å². The van der Waals surface area contributed by atoms with Crippen molar-refractivity contribution < 1.29 is 8.42 Å². The van der Waals surface area contributed by atoms with Gasteiger partial charge < -0.3 is 5.32 Å². The molecule has 0 fully saturated rings. The topological polar surface area (TPSA) is 58.2 Å². The monoisotopic (exact) mass is 296 g/mol. The maximum Gasteiger partial charge on any atom is 0.240 e. The molecule has 6 heteroatoms. The molecule has 0 saturated heterocycles. The first-order valence-corrected chi connectivity index (χ1v) is 8.23. The quantitative estimate of drug-likeness (QED) is 0.892. The highest BCUT2D eigenvalue weighted by Crippen LogP contribution is 2.23. The van der Waals surface area contributed by atoms with Crippen molar-refractivity contribution in [3.63, 3.8) is 0 Å². The molecule has 19 heavy (non-hydrogen) atoms. The molecule has 0 aliphatic carbocycles. The van der Waals surface area contributed by atoms with E-state index in [-0.39, 0.29) is 10.9 Å². The molecule has 1 aromatic carbocycles. The molecule has 2 rings (SSSR count). The molecule has 0 spiro atoms. The van der Waals surface area contributed by atoms with E-state index in [0.717, 1.165) is 5.69 Å². The summed E-state index contributed by atoms with van der Waals surface area (Å²) in [7, 11) is -1.96. The lowest BCUT2D eigenvalue weighted by Crippen LogP contribution is -2.18. The molecule has 1 atom stereocenters. The fraction of sp³-hybridized carbons (Fsp3) is 0.231. The van der Waals surface area contributed by atoms with Crippen molar-refractivity contribution >= 4 is 27.0 Å². The van der Waals surface area contributed by atoms with Crippen LogP contribution >= 0.6 is 11.3 Å². The number of anilines is 1. The van der Waals surface area contributed by atoms with Crippen LogP contribution in [0.3, 0.4) is 0 Å². The van der Waals surface area contributed by atoms with Crippen LogP contribution in [0.4, 0.5) is 5.69 Å². The molecule has 2 N–H and O–H groups in total. The Kier molecular flexibility index (Phi) is 4.24. The minimum absolute atomic E-state index is 0.201. The minimum Gasteiger partial charge on any atom is -0.378 e. The third-order valence-corrected chi connectivity index (χ3v) is 5.27. The summed E-state index contributed by atoms with van der Waals surface area (Å²) in [6.45, 7) is 2.07. The van der Waals surface area contributed by atoms with E-state index in [2.05, 4.69) is 23.0 Å². The number of sulfonamides is 1. The minimum atomic E-state index is -3.36. The molecule has 1 heterocycles. The fourth-order valence-electron chi connectivity index (χ4n) is 1.71. The SMILES string of the molecule is CNS(=O)(=O)c1ccc(NC(C)c2cccs2)cc1. The van der Waals surface area contributed by atoms with E-state index >= 15 is 0 Å². The van der Waals surface area contributed by atoms with Gasteiger partial charge >= 0.3 is 0 Å². The van der Waals surface area contributed by atoms with Gasteiger partial charge in [-0.25, -0.2) is 13.1 Å². The van der Waals surface area contributed by atoms with Crippen LogP contribution in [-0.2, 0) is 10.0 Å². The predicted molar refractivity (Wildman–Crippen MR) is 79.0 cm³/mol. The summed E-state index contributed by atoms with van der Waals surface area (Å²) >= 11 is 1.69. The maximum atomic E-state index is 11.6. The van der Waals surface area contributed by atoms with Crippen molar-refractivity contribution in [2.75, 3.05) is 12.4 Å². The number of hydrogen-bond acceptors (Lipinski definition) is 4. The molecule has 0 saturated carbocycles. The zero-order chi connectivity index (χ0) is 13.9. The van der Waals surface area contributed by atoms with Crippen LogP contribution in [-0.4, -0.2) is 15.5 Å². The Morgan fingerprint density at radius 3 is 2.37 bits per heavy atom. The van der Waals surface area contributed by atoms with Gasteiger partial charge in [0.1, 0.15) is 0 Å². The lowest BCUT2D eigenvalue weighted by Gasteiger charge is -2.14. The molecule has 0 bridgehead atoms. The Bertz CT molecular complexity index is 619. The Hall–Kier alpha value is -1.37. The normalized spacial score (nSPS) is 13.2. The van der Waals surface area contributed by atoms with Crippen molar-refractivity contribution in [2.45, 2.75) is 17.9 Å². The zero-order valence-electron chi connectivity index (χ0n) is 10.8. The summed E-state index contributed by atoms with van der Waals surface area (Å²) in [5, 5.41) is 5.37. The van der Waals surface area contributed by atoms with Crippen molar-refractivity contribution in [3.05, 3.63) is 46.7 Å². The second-order valence-electron chi connectivity index (χ2n) is 4.11. The van der Waals surface area contributed by atoms with Crippen LogP contribution < -0.4 is 10.0 Å². The van der Waals surface area contributed by atoms with Gasteiger partial charge in [-0.1, -0.05) is 6.07 Å². The zero-order valence-corrected chi connectivity index (χ0v) is 12.4. The van der Waals surface area contributed by atoms with E-state index < -0.39 is 10.0 Å². The van der Waals surface area contributed by atoms with E-state index in [0.29, 0.717) is 0 Å². The third kappa shape index (κ3) is 3.34. The van der Waals surface area contributed by atoms with Crippen molar-refractivity contribution in [3.8, 4) is 0 Å². The molecule has 102 valence electrons. The predicted octanol–water partition coefficient (Wildman–Crippen LogP) is 2.83. The van der Waals surface area contributed by atoms with E-state index in [4.69, 9.17) is 0 Å². The second-order valence-corrected chi connectivity index (χ2v) is 6.98. The first kappa shape index (κ1) is 14.0. The van der Waals surface area contributed by atoms with Gasteiger partial charge in [0.05, 0.1) is 10.9 Å². The second kappa shape index (κ2) is 5.73. The van der Waals surface area contributed by atoms with Gasteiger partial charge in [0, 0.05) is 10.6 Å². The summed E-state index contributed by atoms with van der Waals surface area (Å²) in [6.07, 6.45) is 0. The highest BCUT2D eigenvalue weighted by atomic mass is 32.2. The van der Waals surface area contributed by atoms with Gasteiger partial charge in [0.25, 0.3) is 0 Å². The molecular formula is C13H16N2O2S2. The van der Waals surface area contributed by atoms with Crippen LogP contribution in [0.2, 0.25) is 0 Å². The Balaban J connectivity index is 2.11. The number of hydrogen-bond donors (Lipinski definition) is 2. The molecule has 1 unspecified atom stereocenters. The van der Waals surface area contributed by atoms with Gasteiger partial charge in [-0.05, 0) is 49.7 Å². The molecule has 0 amide bonds. The highest BCUT2D eigenvalue weighted by molar-refractivity contribution is 7.89. The smallest absolute Gasteiger partial charge is 0.240 e. The third-order valence-electron chi connectivity index (χ3n) is 2.79. The van der Waals surface area contributed by atoms with Crippen LogP contribution in [0.1, 0.15) is 17.8 Å². The van der Waals surface area contributed by atoms with Crippen molar-refractivity contribution in [2.24, 2.45) is 0 Å². The number of rotatable bonds is 5. The first-order valence-electron chi connectivity index (χ1n) is 5.86. The molecule has 1 aromatic heterocycles. The molecule has 0 aliphatic heterocycles. The Labute approximate surface area is 117 Å². The van der Waals surface area contributed by atoms with Gasteiger partial charge in [-0.3, -0.25) is 0 Å². The standard InChI is InChI=1S/C13H16N2O2S2/c1-10(13-4-3-9-18-13)15-11-5-7-12(8-6-11)19(16,17)14-2/h3-10,14-15H,1-2H3. The first-order chi connectivity index (χ1) is 9.03. The lowest BCUT2D eigenvalue weighted by molar-refractivity contribution is 0.588. The average Bonchev–Trinajstić information content (AvgIpc) is 2.93. The summed E-state index contributed by atoms with van der Waals surface area (Å²) in [5.41, 5.74) is 0.899. The Morgan fingerprint density at radius 1 is 1.16 bits per heavy atom. The number of nitrogens with one attached hydrogen (secondary N) is 2. The lowest BCUT2D eigenvalue weighted by atomic mass is 10.2. The molecule has 0 radical (unpaired) electrons. The highest BCUT2D eigenvalue weighted by Gasteiger charge is 2.11. The van der Waals surface area contributed by atoms with Gasteiger partial charge in [0.2, 0.25) is 10.0 Å². The van der Waals surface area contributed by atoms with Crippen LogP contribution in [0.5, 0.6) is 0 Å². The summed E-state index contributed by atoms with van der Waals surface area (Å²) in [5.74, 6) is 0. The van der Waals surface area contributed by atoms with Gasteiger partial charge in [-0.15, -0.1) is 11.3 Å². The molecule has 2 aromatic rings. The Morgan fingerprint density at radius 2 is 1.84 bits per heavy atom. The average molecular weight is 296 g/mol. The van der Waals surface area contributed by atoms with Crippen molar-refractivity contribution in [1.82, 2.24) is 4.72 Å². The molecule has 0 aliphatic rings. The summed E-state index contributed by atoms with van der Waals surface area (Å²) < 4.78 is 25.5. The maximum absolute atomic E-state index is 11.6. The van der Waals surface area contributed by atoms with Crippen LogP contribution in [0, 0.1) is 0 Å². The number of benzene rings is 1. The van der Waals surface area contributed by atoms with Crippen LogP contribution in [0.25, 0.3) is 0 Å². The largest absolute Gasteiger partial charge is 0.378 e.